The molecular weight excluding hydrogens is 737 g/mol. The fourth-order valence-electron chi connectivity index (χ4n) is 7.35. The Kier molecular flexibility index (Phi) is 9.16. The molecule has 0 aliphatic carbocycles. The van der Waals surface area contributed by atoms with Gasteiger partial charge in [0.15, 0.2) is 9.84 Å². The van der Waals surface area contributed by atoms with Crippen molar-refractivity contribution < 1.29 is 13.5 Å². The Morgan fingerprint density at radius 1 is 0.807 bits per heavy atom. The van der Waals surface area contributed by atoms with Crippen molar-refractivity contribution in [3.63, 3.8) is 0 Å². The van der Waals surface area contributed by atoms with E-state index >= 15 is 0 Å². The van der Waals surface area contributed by atoms with Crippen LogP contribution in [0.3, 0.4) is 0 Å². The number of hydrogen-bond donors (Lipinski definition) is 4. The number of nitriles is 1. The predicted octanol–water partition coefficient (Wildman–Crippen LogP) is 7.91. The Hall–Kier alpha value is -6.95. The third-order valence-corrected chi connectivity index (χ3v) is 11.5. The first-order chi connectivity index (χ1) is 27.7. The average molecular weight is 773 g/mol. The molecule has 14 heteroatoms. The number of rotatable bonds is 9. The van der Waals surface area contributed by atoms with E-state index in [0.717, 1.165) is 86.7 Å². The molecule has 0 unspecified atom stereocenters. The Balaban J connectivity index is 1.07. The number of sulfone groups is 1. The zero-order valence-corrected chi connectivity index (χ0v) is 31.6. The first-order valence-electron chi connectivity index (χ1n) is 18.4. The van der Waals surface area contributed by atoms with E-state index in [1.54, 1.807) is 36.7 Å². The van der Waals surface area contributed by atoms with E-state index in [-0.39, 0.29) is 17.4 Å². The molecule has 7 heterocycles. The molecule has 1 aliphatic heterocycles. The summed E-state index contributed by atoms with van der Waals surface area (Å²) in [5, 5.41) is 30.4. The monoisotopic (exact) mass is 772 g/mol. The molecule has 4 N–H and O–H groups in total. The molecule has 0 saturated carbocycles. The zero-order chi connectivity index (χ0) is 39.1. The van der Waals surface area contributed by atoms with Crippen LogP contribution in [0, 0.1) is 17.2 Å². The van der Waals surface area contributed by atoms with Crippen LogP contribution in [0.25, 0.3) is 55.1 Å². The minimum atomic E-state index is -3.30. The lowest BCUT2D eigenvalue weighted by Crippen LogP contribution is -2.34. The van der Waals surface area contributed by atoms with E-state index in [0.29, 0.717) is 28.7 Å². The van der Waals surface area contributed by atoms with Crippen molar-refractivity contribution in [2.24, 2.45) is 5.92 Å². The van der Waals surface area contributed by atoms with Crippen molar-refractivity contribution in [1.29, 1.82) is 5.26 Å². The molecular formula is C43H36N10O3S. The Bertz CT molecular complexity index is 2970. The van der Waals surface area contributed by atoms with E-state index in [9.17, 15) is 18.8 Å². The molecule has 1 aliphatic rings. The van der Waals surface area contributed by atoms with Crippen LogP contribution in [0.5, 0.6) is 0 Å². The molecule has 1 saturated heterocycles. The van der Waals surface area contributed by atoms with Gasteiger partial charge >= 0.3 is 0 Å². The Morgan fingerprint density at radius 2 is 1.58 bits per heavy atom. The van der Waals surface area contributed by atoms with Crippen molar-refractivity contribution in [3.8, 4) is 28.7 Å². The number of anilines is 5. The molecule has 6 aromatic heterocycles. The minimum Gasteiger partial charge on any atom is -0.392 e. The van der Waals surface area contributed by atoms with Gasteiger partial charge in [0.1, 0.15) is 17.5 Å². The van der Waals surface area contributed by atoms with Gasteiger partial charge in [-0.2, -0.15) is 5.26 Å². The quantitative estimate of drug-likeness (QED) is 0.111. The predicted molar refractivity (Wildman–Crippen MR) is 222 cm³/mol. The third kappa shape index (κ3) is 7.17. The van der Waals surface area contributed by atoms with Crippen LogP contribution >= 0.6 is 0 Å². The number of nitrogens with zero attached hydrogens (tertiary/aromatic N) is 7. The van der Waals surface area contributed by atoms with E-state index in [4.69, 9.17) is 19.9 Å². The number of aliphatic hydroxyl groups is 1. The van der Waals surface area contributed by atoms with Crippen LogP contribution in [0.1, 0.15) is 18.4 Å². The van der Waals surface area contributed by atoms with Crippen molar-refractivity contribution in [2.45, 2.75) is 24.3 Å². The molecule has 0 atom stereocenters. The van der Waals surface area contributed by atoms with Gasteiger partial charge in [0, 0.05) is 99.6 Å². The Labute approximate surface area is 328 Å². The van der Waals surface area contributed by atoms with Crippen LogP contribution in [0.4, 0.5) is 28.8 Å². The standard InChI is InChI=1S/C43H36N10O3S/c1-57(55,56)32-7-5-30(6-8-32)50-40-18-33-28(21-47-40)9-12-45-42(33)38-17-29-16-37(52-39(29)24-46-38)36-23-49-43(53-13-10-26(20-44)11-14-53)34-19-41(48-22-35(34)36)51-31-4-2-3-27(15-31)25-54/h2-9,12,15-19,21-24,26,52,54H,10-11,13-14,25H2,1H3,(H,47,50)(H,48,51). The smallest absolute Gasteiger partial charge is 0.175 e. The second kappa shape index (κ2) is 14.6. The lowest BCUT2D eigenvalue weighted by atomic mass is 9.98. The number of nitrogens with one attached hydrogen (secondary N) is 3. The van der Waals surface area contributed by atoms with Gasteiger partial charge in [-0.1, -0.05) is 12.1 Å². The topological polar surface area (TPSA) is 186 Å². The SMILES string of the molecule is CS(=O)(=O)c1ccc(Nc2cc3c(-c4cc5cc(-c6cnc(N7CCC(C#N)CC7)c7cc(Nc8cccc(CO)c8)ncc67)[nH]c5cn4)nccc3cn2)cc1. The van der Waals surface area contributed by atoms with Crippen molar-refractivity contribution >= 4 is 71.1 Å². The molecule has 8 aromatic rings. The molecule has 9 rings (SSSR count). The van der Waals surface area contributed by atoms with Gasteiger partial charge < -0.3 is 25.6 Å². The molecule has 0 radical (unpaired) electrons. The summed E-state index contributed by atoms with van der Waals surface area (Å²) in [7, 11) is -3.30. The molecule has 1 fully saturated rings. The molecule has 0 bridgehead atoms. The number of pyridine rings is 5. The lowest BCUT2D eigenvalue weighted by molar-refractivity contribution is 0.282. The van der Waals surface area contributed by atoms with Gasteiger partial charge in [0.2, 0.25) is 0 Å². The summed E-state index contributed by atoms with van der Waals surface area (Å²) in [4.78, 5) is 30.0. The summed E-state index contributed by atoms with van der Waals surface area (Å²) in [6, 6.07) is 26.5. The van der Waals surface area contributed by atoms with E-state index < -0.39 is 9.84 Å². The minimum absolute atomic E-state index is 0.0437. The summed E-state index contributed by atoms with van der Waals surface area (Å²) >= 11 is 0. The average Bonchev–Trinajstić information content (AvgIpc) is 3.66. The number of aromatic amines is 1. The number of fused-ring (bicyclic) bond motifs is 3. The fourth-order valence-corrected chi connectivity index (χ4v) is 7.98. The van der Waals surface area contributed by atoms with Crippen molar-refractivity contribution in [3.05, 3.63) is 115 Å². The maximum atomic E-state index is 11.9. The number of benzene rings is 2. The number of aliphatic hydroxyl groups excluding tert-OH is 1. The maximum absolute atomic E-state index is 11.9. The van der Waals surface area contributed by atoms with Gasteiger partial charge in [-0.05, 0) is 85.1 Å². The maximum Gasteiger partial charge on any atom is 0.175 e. The summed E-state index contributed by atoms with van der Waals surface area (Å²) in [6.07, 6.45) is 11.8. The van der Waals surface area contributed by atoms with Crippen LogP contribution in [-0.2, 0) is 16.4 Å². The fraction of sp³-hybridized carbons (Fsp3) is 0.163. The van der Waals surface area contributed by atoms with Crippen molar-refractivity contribution in [2.75, 3.05) is 34.9 Å². The highest BCUT2D eigenvalue weighted by Crippen LogP contribution is 2.38. The van der Waals surface area contributed by atoms with Gasteiger partial charge in [-0.3, -0.25) is 9.97 Å². The first kappa shape index (κ1) is 35.7. The van der Waals surface area contributed by atoms with Crippen LogP contribution in [0.15, 0.2) is 115 Å². The van der Waals surface area contributed by atoms with E-state index in [2.05, 4.69) is 37.6 Å². The van der Waals surface area contributed by atoms with E-state index in [1.807, 2.05) is 67.1 Å². The highest BCUT2D eigenvalue weighted by Gasteiger charge is 2.23. The zero-order valence-electron chi connectivity index (χ0n) is 30.8. The molecule has 282 valence electrons. The number of piperidine rings is 1. The summed E-state index contributed by atoms with van der Waals surface area (Å²) < 4.78 is 23.8. The van der Waals surface area contributed by atoms with Gasteiger partial charge in [-0.25, -0.2) is 23.4 Å². The normalized spacial score (nSPS) is 13.6. The van der Waals surface area contributed by atoms with Crippen LogP contribution in [-0.4, -0.2) is 62.8 Å². The van der Waals surface area contributed by atoms with E-state index in [1.165, 1.54) is 6.26 Å². The summed E-state index contributed by atoms with van der Waals surface area (Å²) in [5.74, 6) is 2.12. The second-order valence-electron chi connectivity index (χ2n) is 14.2. The first-order valence-corrected chi connectivity index (χ1v) is 20.3. The second-order valence-corrected chi connectivity index (χ2v) is 16.2. The lowest BCUT2D eigenvalue weighted by Gasteiger charge is -2.31. The van der Waals surface area contributed by atoms with Crippen molar-refractivity contribution in [1.82, 2.24) is 29.9 Å². The largest absolute Gasteiger partial charge is 0.392 e. The molecule has 0 spiro atoms. The van der Waals surface area contributed by atoms with Gasteiger partial charge in [0.05, 0.1) is 40.7 Å². The molecule has 2 aromatic carbocycles. The highest BCUT2D eigenvalue weighted by atomic mass is 32.2. The number of hydrogen-bond acceptors (Lipinski definition) is 12. The molecule has 57 heavy (non-hydrogen) atoms. The van der Waals surface area contributed by atoms with Crippen LogP contribution in [0.2, 0.25) is 0 Å². The number of aromatic nitrogens is 6. The number of H-pyrrole nitrogens is 1. The highest BCUT2D eigenvalue weighted by molar-refractivity contribution is 7.90. The summed E-state index contributed by atoms with van der Waals surface area (Å²) in [5.41, 5.74) is 6.30. The van der Waals surface area contributed by atoms with Crippen LogP contribution < -0.4 is 15.5 Å². The Morgan fingerprint density at radius 3 is 2.35 bits per heavy atom. The third-order valence-electron chi connectivity index (χ3n) is 10.4. The molecule has 0 amide bonds. The van der Waals surface area contributed by atoms with Gasteiger partial charge in [0.25, 0.3) is 0 Å². The molecule has 13 nitrogen and oxygen atoms in total. The van der Waals surface area contributed by atoms with Gasteiger partial charge in [-0.15, -0.1) is 0 Å². The summed E-state index contributed by atoms with van der Waals surface area (Å²) in [6.45, 7) is 1.41.